The Kier molecular flexibility index (Phi) is 17.5. The van der Waals surface area contributed by atoms with E-state index in [2.05, 4.69) is 12.1 Å². The Morgan fingerprint density at radius 2 is 0.872 bits per heavy atom. The molecule has 2 N–H and O–H groups in total. The molecule has 22 heteroatoms. The number of carbonyl (C=O) groups excluding carboxylic acids is 4. The second-order valence-corrected chi connectivity index (χ2v) is 25.9. The minimum Gasteiger partial charge on any atom is -0.496 e. The lowest BCUT2D eigenvalue weighted by atomic mass is 9.74. The molecule has 86 heavy (non-hydrogen) atoms. The van der Waals surface area contributed by atoms with Crippen LogP contribution in [0, 0.1) is 36.5 Å². The van der Waals surface area contributed by atoms with Crippen LogP contribution < -0.4 is 19.3 Å². The summed E-state index contributed by atoms with van der Waals surface area (Å²) >= 11 is 0. The number of nitrogens with zero attached hydrogens (tertiary/aromatic N) is 8. The van der Waals surface area contributed by atoms with Crippen molar-refractivity contribution in [3.63, 3.8) is 0 Å². The SMILES string of the molecule is COc1cc(C)c2c(c1C(C)(CC(=O)O)c1nc3cc(C#N)ccc3n1C(=O)OC(C)(C)C)CCN2C(=O)OC(C)(C)C.COc1cc(C)c2c(c1C(C)(CC(=O)O)c1nc3ccc(C#N)cc3n1C(=O)OC(C)(C)C)CCN2C(=O)OC(C)(C)C. The first-order valence-corrected chi connectivity index (χ1v) is 28.0. The highest BCUT2D eigenvalue weighted by Gasteiger charge is 2.48. The molecule has 0 spiro atoms. The summed E-state index contributed by atoms with van der Waals surface area (Å²) in [5.74, 6) is -1.27. The number of hydrogen-bond acceptors (Lipinski definition) is 16. The van der Waals surface area contributed by atoms with E-state index in [1.807, 2.05) is 13.8 Å². The van der Waals surface area contributed by atoms with Crippen molar-refractivity contribution in [1.82, 2.24) is 19.1 Å². The van der Waals surface area contributed by atoms with E-state index < -0.39 is 82.4 Å². The van der Waals surface area contributed by atoms with Crippen LogP contribution in [0.5, 0.6) is 11.5 Å². The molecule has 0 bridgehead atoms. The molecule has 0 fully saturated rings. The maximum Gasteiger partial charge on any atom is 0.420 e. The van der Waals surface area contributed by atoms with E-state index >= 15 is 0 Å². The number of fused-ring (bicyclic) bond motifs is 4. The number of nitriles is 2. The molecule has 2 atom stereocenters. The number of benzene rings is 4. The minimum atomic E-state index is -1.46. The van der Waals surface area contributed by atoms with Crippen molar-refractivity contribution in [2.45, 2.75) is 170 Å². The van der Waals surface area contributed by atoms with Gasteiger partial charge in [-0.2, -0.15) is 10.5 Å². The molecule has 0 saturated heterocycles. The van der Waals surface area contributed by atoms with Gasteiger partial charge in [0.1, 0.15) is 45.6 Å². The average molecular weight is 1180 g/mol. The molecule has 2 aliphatic rings. The van der Waals surface area contributed by atoms with Gasteiger partial charge in [0.15, 0.2) is 0 Å². The van der Waals surface area contributed by atoms with Gasteiger partial charge < -0.3 is 38.6 Å². The summed E-state index contributed by atoms with van der Waals surface area (Å²) in [4.78, 5) is 91.9. The van der Waals surface area contributed by atoms with Crippen molar-refractivity contribution in [3.8, 4) is 23.6 Å². The number of carboxylic acids is 2. The van der Waals surface area contributed by atoms with E-state index in [1.165, 1.54) is 29.4 Å². The number of carboxylic acid groups (broad SMARTS) is 2. The normalized spacial score (nSPS) is 14.6. The van der Waals surface area contributed by atoms with Crippen LogP contribution in [0.2, 0.25) is 0 Å². The number of aliphatic carboxylic acids is 2. The molecule has 6 aromatic rings. The van der Waals surface area contributed by atoms with Crippen molar-refractivity contribution in [3.05, 3.63) is 105 Å². The van der Waals surface area contributed by atoms with Crippen LogP contribution in [0.25, 0.3) is 22.1 Å². The molecule has 456 valence electrons. The van der Waals surface area contributed by atoms with Gasteiger partial charge in [-0.15, -0.1) is 0 Å². The highest BCUT2D eigenvalue weighted by molar-refractivity contribution is 5.96. The number of ether oxygens (including phenoxy) is 6. The fraction of sp³-hybridized carbons (Fsp3) is 0.469. The Labute approximate surface area is 500 Å². The highest BCUT2D eigenvalue weighted by Crippen LogP contribution is 2.51. The third-order valence-electron chi connectivity index (χ3n) is 14.3. The van der Waals surface area contributed by atoms with Gasteiger partial charge in [-0.05, 0) is 194 Å². The van der Waals surface area contributed by atoms with Gasteiger partial charge in [0.2, 0.25) is 0 Å². The molecular weight excluding hydrogens is 1100 g/mol. The van der Waals surface area contributed by atoms with E-state index in [0.29, 0.717) is 104 Å². The van der Waals surface area contributed by atoms with E-state index in [-0.39, 0.29) is 11.6 Å². The summed E-state index contributed by atoms with van der Waals surface area (Å²) in [6.07, 6.45) is -2.71. The standard InChI is InChI=1S/2C32H38N4O7/c1-18-14-23(41-9)25(20-12-13-35(26(18)20)28(39)42-30(2,3)4)32(8,16-24(37)38)27-34-21-15-19(17-33)10-11-22(21)36(27)29(40)43-31(5,6)7;1-18-14-23(41-9)25(20-12-13-35(26(18)20)28(39)42-30(2,3)4)32(8,16-24(37)38)27-34-21-11-10-19(17-33)15-22(21)36(27)29(40)43-31(5,6)7/h2*10-11,14-15H,12-13,16H2,1-9H3,(H,37,38). The molecule has 8 rings (SSSR count). The monoisotopic (exact) mass is 1180 g/mol. The number of amides is 2. The van der Waals surface area contributed by atoms with Gasteiger partial charge in [0, 0.05) is 24.2 Å². The van der Waals surface area contributed by atoms with Gasteiger partial charge in [0.25, 0.3) is 0 Å². The number of aromatic nitrogens is 4. The van der Waals surface area contributed by atoms with Gasteiger partial charge in [-0.3, -0.25) is 19.4 Å². The Balaban J connectivity index is 0.000000246. The molecule has 0 saturated carbocycles. The summed E-state index contributed by atoms with van der Waals surface area (Å²) < 4.78 is 37.1. The van der Waals surface area contributed by atoms with Gasteiger partial charge >= 0.3 is 36.3 Å². The number of carbonyl (C=O) groups is 6. The van der Waals surface area contributed by atoms with Crippen LogP contribution in [0.1, 0.15) is 166 Å². The van der Waals surface area contributed by atoms with Crippen molar-refractivity contribution < 1.29 is 67.4 Å². The van der Waals surface area contributed by atoms with Crippen molar-refractivity contribution in [2.24, 2.45) is 0 Å². The zero-order chi connectivity index (χ0) is 64.1. The lowest BCUT2D eigenvalue weighted by molar-refractivity contribution is -0.139. The maximum atomic E-state index is 13.8. The van der Waals surface area contributed by atoms with E-state index in [4.69, 9.17) is 38.4 Å². The summed E-state index contributed by atoms with van der Waals surface area (Å²) in [6.45, 7) is 28.8. The van der Waals surface area contributed by atoms with Gasteiger partial charge in [0.05, 0.1) is 94.6 Å². The summed E-state index contributed by atoms with van der Waals surface area (Å²) in [5, 5.41) is 39.6. The first kappa shape index (κ1) is 64.4. The summed E-state index contributed by atoms with van der Waals surface area (Å²) in [6, 6.07) is 17.1. The summed E-state index contributed by atoms with van der Waals surface area (Å²) in [7, 11) is 2.98. The van der Waals surface area contributed by atoms with Crippen LogP contribution in [-0.2, 0) is 52.2 Å². The first-order chi connectivity index (χ1) is 39.8. The second-order valence-electron chi connectivity index (χ2n) is 25.9. The number of anilines is 2. The van der Waals surface area contributed by atoms with Crippen LogP contribution in [0.4, 0.5) is 30.6 Å². The second kappa shape index (κ2) is 23.4. The molecule has 2 aromatic heterocycles. The largest absolute Gasteiger partial charge is 0.496 e. The quantitative estimate of drug-likeness (QED) is 0.120. The minimum absolute atomic E-state index is 0.106. The smallest absolute Gasteiger partial charge is 0.420 e. The average Bonchev–Trinajstić information content (AvgIpc) is 1.53. The maximum absolute atomic E-state index is 13.8. The Morgan fingerprint density at radius 1 is 0.512 bits per heavy atom. The van der Waals surface area contributed by atoms with Crippen LogP contribution >= 0.6 is 0 Å². The fourth-order valence-electron chi connectivity index (χ4n) is 11.3. The predicted molar refractivity (Wildman–Crippen MR) is 320 cm³/mol. The molecule has 4 aromatic carbocycles. The number of imidazole rings is 2. The van der Waals surface area contributed by atoms with Crippen LogP contribution in [0.15, 0.2) is 48.5 Å². The van der Waals surface area contributed by atoms with Crippen molar-refractivity contribution >= 4 is 69.8 Å². The number of rotatable bonds is 10. The van der Waals surface area contributed by atoms with Gasteiger partial charge in [-0.1, -0.05) is 0 Å². The number of aryl methyl sites for hydroxylation is 2. The van der Waals surface area contributed by atoms with Crippen LogP contribution in [-0.4, -0.2) is 115 Å². The highest BCUT2D eigenvalue weighted by atomic mass is 16.6. The lowest BCUT2D eigenvalue weighted by Crippen LogP contribution is -2.37. The number of methoxy groups -OCH3 is 2. The Bertz CT molecular complexity index is 3710. The van der Waals surface area contributed by atoms with Crippen LogP contribution in [0.3, 0.4) is 0 Å². The fourth-order valence-corrected chi connectivity index (χ4v) is 11.3. The number of hydrogen-bond donors (Lipinski definition) is 2. The molecule has 4 heterocycles. The third kappa shape index (κ3) is 13.0. The molecule has 22 nitrogen and oxygen atoms in total. The zero-order valence-corrected chi connectivity index (χ0v) is 52.2. The molecular formula is C64H76N8O14. The molecule has 0 radical (unpaired) electrons. The molecule has 2 unspecified atom stereocenters. The van der Waals surface area contributed by atoms with Crippen molar-refractivity contribution in [2.75, 3.05) is 37.1 Å². The Morgan fingerprint density at radius 3 is 1.24 bits per heavy atom. The predicted octanol–water partition coefficient (Wildman–Crippen LogP) is 12.2. The molecule has 2 amide bonds. The van der Waals surface area contributed by atoms with Crippen molar-refractivity contribution in [1.29, 1.82) is 10.5 Å². The summed E-state index contributed by atoms with van der Waals surface area (Å²) in [5.41, 5.74) is 0.989. The Hall–Kier alpha value is -9.18. The molecule has 0 aliphatic carbocycles. The topological polar surface area (TPSA) is 288 Å². The lowest BCUT2D eigenvalue weighted by Gasteiger charge is -2.33. The van der Waals surface area contributed by atoms with Gasteiger partial charge in [-0.25, -0.2) is 38.3 Å². The molecule has 2 aliphatic heterocycles. The first-order valence-electron chi connectivity index (χ1n) is 28.0. The third-order valence-corrected chi connectivity index (χ3v) is 14.3. The zero-order valence-electron chi connectivity index (χ0n) is 52.2. The van der Waals surface area contributed by atoms with E-state index in [1.54, 1.807) is 149 Å². The van der Waals surface area contributed by atoms with E-state index in [0.717, 1.165) is 11.1 Å². The van der Waals surface area contributed by atoms with E-state index in [9.17, 15) is 49.5 Å².